The molecule has 27 heavy (non-hydrogen) atoms. The van der Waals surface area contributed by atoms with Gasteiger partial charge < -0.3 is 15.6 Å². The van der Waals surface area contributed by atoms with Crippen molar-refractivity contribution in [2.75, 3.05) is 13.1 Å². The number of aryl methyl sites for hydroxylation is 1. The molecule has 3 rings (SSSR count). The van der Waals surface area contributed by atoms with Crippen molar-refractivity contribution >= 4 is 45.9 Å². The molecule has 2 amide bonds. The first-order chi connectivity index (χ1) is 13.0. The number of H-pyrrole nitrogens is 1. The Labute approximate surface area is 167 Å². The average molecular weight is 404 g/mol. The second-order valence-corrected chi connectivity index (χ2v) is 6.91. The van der Waals surface area contributed by atoms with E-state index in [1.165, 1.54) is 6.07 Å². The topological polar surface area (TPSA) is 74.0 Å². The summed E-state index contributed by atoms with van der Waals surface area (Å²) in [6, 6.07) is 12.7. The molecule has 0 fully saturated rings. The van der Waals surface area contributed by atoms with Crippen molar-refractivity contribution in [3.8, 4) is 0 Å². The highest BCUT2D eigenvalue weighted by Gasteiger charge is 2.09. The number of halogens is 2. The number of fused-ring (bicyclic) bond motifs is 1. The summed E-state index contributed by atoms with van der Waals surface area (Å²) >= 11 is 11.7. The Bertz CT molecular complexity index is 969. The lowest BCUT2D eigenvalue weighted by Gasteiger charge is -2.08. The fraction of sp³-hybridized carbons (Fsp3) is 0.200. The van der Waals surface area contributed by atoms with Gasteiger partial charge in [0.05, 0.1) is 10.0 Å². The number of aromatic nitrogens is 1. The molecule has 3 N–H and O–H groups in total. The highest BCUT2D eigenvalue weighted by Crippen LogP contribution is 2.22. The lowest BCUT2D eigenvalue weighted by atomic mass is 10.1. The van der Waals surface area contributed by atoms with E-state index in [9.17, 15) is 9.59 Å². The molecule has 0 spiro atoms. The fourth-order valence-corrected chi connectivity index (χ4v) is 3.09. The van der Waals surface area contributed by atoms with Gasteiger partial charge in [-0.15, -0.1) is 0 Å². The van der Waals surface area contributed by atoms with Gasteiger partial charge in [0, 0.05) is 42.2 Å². The standard InChI is InChI=1S/C20H19Cl2N3O2/c21-16-7-5-13(11-17(16)22)20(27)24-10-9-23-19(26)8-6-14-12-25-18-4-2-1-3-15(14)18/h1-5,7,11-12,25H,6,8-10H2,(H,23,26)(H,24,27). The molecule has 2 aromatic carbocycles. The Hall–Kier alpha value is -2.50. The van der Waals surface area contributed by atoms with Crippen LogP contribution in [0, 0.1) is 0 Å². The van der Waals surface area contributed by atoms with Crippen molar-refractivity contribution in [2.45, 2.75) is 12.8 Å². The number of hydrogen-bond donors (Lipinski definition) is 3. The Balaban J connectivity index is 1.39. The van der Waals surface area contributed by atoms with Gasteiger partial charge in [-0.1, -0.05) is 41.4 Å². The van der Waals surface area contributed by atoms with Gasteiger partial charge in [0.1, 0.15) is 0 Å². The van der Waals surface area contributed by atoms with Crippen LogP contribution in [0.4, 0.5) is 0 Å². The predicted molar refractivity (Wildman–Crippen MR) is 108 cm³/mol. The Morgan fingerprint density at radius 3 is 2.56 bits per heavy atom. The summed E-state index contributed by atoms with van der Waals surface area (Å²) in [6.07, 6.45) is 2.99. The van der Waals surface area contributed by atoms with Gasteiger partial charge in [0.2, 0.25) is 5.91 Å². The summed E-state index contributed by atoms with van der Waals surface area (Å²) in [6.45, 7) is 0.692. The monoisotopic (exact) mass is 403 g/mol. The number of para-hydroxylation sites is 1. The van der Waals surface area contributed by atoms with Crippen LogP contribution in [0.2, 0.25) is 10.0 Å². The minimum atomic E-state index is -0.262. The lowest BCUT2D eigenvalue weighted by molar-refractivity contribution is -0.121. The van der Waals surface area contributed by atoms with Gasteiger partial charge in [-0.2, -0.15) is 0 Å². The van der Waals surface area contributed by atoms with E-state index in [4.69, 9.17) is 23.2 Å². The van der Waals surface area contributed by atoms with Crippen LogP contribution in [-0.2, 0) is 11.2 Å². The highest BCUT2D eigenvalue weighted by atomic mass is 35.5. The number of nitrogens with one attached hydrogen (secondary N) is 3. The van der Waals surface area contributed by atoms with Crippen LogP contribution in [0.15, 0.2) is 48.7 Å². The van der Waals surface area contributed by atoms with E-state index in [0.717, 1.165) is 16.5 Å². The largest absolute Gasteiger partial charge is 0.361 e. The fourth-order valence-electron chi connectivity index (χ4n) is 2.79. The maximum absolute atomic E-state index is 12.0. The molecule has 7 heteroatoms. The van der Waals surface area contributed by atoms with E-state index < -0.39 is 0 Å². The molecule has 3 aromatic rings. The third-order valence-electron chi connectivity index (χ3n) is 4.21. The lowest BCUT2D eigenvalue weighted by Crippen LogP contribution is -2.34. The van der Waals surface area contributed by atoms with E-state index in [1.54, 1.807) is 12.1 Å². The third-order valence-corrected chi connectivity index (χ3v) is 4.95. The van der Waals surface area contributed by atoms with Crippen LogP contribution in [0.1, 0.15) is 22.3 Å². The SMILES string of the molecule is O=C(CCc1c[nH]c2ccccc12)NCCNC(=O)c1ccc(Cl)c(Cl)c1. The molecule has 0 atom stereocenters. The van der Waals surface area contributed by atoms with Crippen molar-refractivity contribution in [1.29, 1.82) is 0 Å². The normalized spacial score (nSPS) is 10.7. The zero-order valence-corrected chi connectivity index (χ0v) is 16.0. The van der Waals surface area contributed by atoms with E-state index in [0.29, 0.717) is 41.5 Å². The summed E-state index contributed by atoms with van der Waals surface area (Å²) < 4.78 is 0. The van der Waals surface area contributed by atoms with Crippen LogP contribution in [-0.4, -0.2) is 29.9 Å². The van der Waals surface area contributed by atoms with Crippen molar-refractivity contribution in [1.82, 2.24) is 15.6 Å². The Kier molecular flexibility index (Phi) is 6.37. The first-order valence-electron chi connectivity index (χ1n) is 8.59. The molecule has 0 radical (unpaired) electrons. The van der Waals surface area contributed by atoms with Gasteiger partial charge in [-0.3, -0.25) is 9.59 Å². The summed E-state index contributed by atoms with van der Waals surface area (Å²) in [5.74, 6) is -0.314. The van der Waals surface area contributed by atoms with E-state index in [1.807, 2.05) is 30.5 Å². The van der Waals surface area contributed by atoms with Gasteiger partial charge in [0.25, 0.3) is 5.91 Å². The molecule has 0 bridgehead atoms. The summed E-state index contributed by atoms with van der Waals surface area (Å²) in [4.78, 5) is 27.2. The molecule has 0 aliphatic rings. The second kappa shape index (κ2) is 8.93. The van der Waals surface area contributed by atoms with Crippen LogP contribution >= 0.6 is 23.2 Å². The van der Waals surface area contributed by atoms with Crippen LogP contribution in [0.3, 0.4) is 0 Å². The van der Waals surface area contributed by atoms with Crippen molar-refractivity contribution in [2.24, 2.45) is 0 Å². The van der Waals surface area contributed by atoms with Crippen LogP contribution < -0.4 is 10.6 Å². The number of amides is 2. The molecule has 0 saturated carbocycles. The number of benzene rings is 2. The molecular weight excluding hydrogens is 385 g/mol. The zero-order chi connectivity index (χ0) is 19.2. The van der Waals surface area contributed by atoms with Gasteiger partial charge in [0.15, 0.2) is 0 Å². The maximum Gasteiger partial charge on any atom is 0.251 e. The van der Waals surface area contributed by atoms with E-state index in [-0.39, 0.29) is 11.8 Å². The zero-order valence-electron chi connectivity index (χ0n) is 14.5. The molecule has 0 saturated heterocycles. The van der Waals surface area contributed by atoms with Crippen molar-refractivity contribution in [3.05, 3.63) is 69.8 Å². The molecule has 0 aliphatic heterocycles. The molecule has 0 unspecified atom stereocenters. The highest BCUT2D eigenvalue weighted by molar-refractivity contribution is 6.42. The average Bonchev–Trinajstić information content (AvgIpc) is 3.09. The van der Waals surface area contributed by atoms with Crippen LogP contribution in [0.25, 0.3) is 10.9 Å². The van der Waals surface area contributed by atoms with E-state index >= 15 is 0 Å². The van der Waals surface area contributed by atoms with Gasteiger partial charge >= 0.3 is 0 Å². The number of carbonyl (C=O) groups is 2. The summed E-state index contributed by atoms with van der Waals surface area (Å²) in [7, 11) is 0. The smallest absolute Gasteiger partial charge is 0.251 e. The molecule has 1 heterocycles. The third kappa shape index (κ3) is 5.02. The number of aromatic amines is 1. The molecule has 0 aliphatic carbocycles. The quantitative estimate of drug-likeness (QED) is 0.522. The minimum absolute atomic E-state index is 0.0518. The van der Waals surface area contributed by atoms with Crippen LogP contribution in [0.5, 0.6) is 0 Å². The molecule has 5 nitrogen and oxygen atoms in total. The molecule has 140 valence electrons. The maximum atomic E-state index is 12.0. The summed E-state index contributed by atoms with van der Waals surface area (Å²) in [5.41, 5.74) is 2.61. The molecule has 1 aromatic heterocycles. The van der Waals surface area contributed by atoms with Crippen molar-refractivity contribution < 1.29 is 9.59 Å². The predicted octanol–water partition coefficient (Wildman–Crippen LogP) is 3.95. The molecular formula is C20H19Cl2N3O2. The van der Waals surface area contributed by atoms with E-state index in [2.05, 4.69) is 15.6 Å². The number of hydrogen-bond acceptors (Lipinski definition) is 2. The first-order valence-corrected chi connectivity index (χ1v) is 9.35. The number of rotatable bonds is 7. The van der Waals surface area contributed by atoms with Crippen molar-refractivity contribution in [3.63, 3.8) is 0 Å². The Morgan fingerprint density at radius 2 is 1.74 bits per heavy atom. The summed E-state index contributed by atoms with van der Waals surface area (Å²) in [5, 5.41) is 7.41. The minimum Gasteiger partial charge on any atom is -0.361 e. The first kappa shape index (κ1) is 19.3. The Morgan fingerprint density at radius 1 is 0.963 bits per heavy atom. The van der Waals surface area contributed by atoms with Gasteiger partial charge in [-0.05, 0) is 36.2 Å². The van der Waals surface area contributed by atoms with Gasteiger partial charge in [-0.25, -0.2) is 0 Å². The number of carbonyl (C=O) groups excluding carboxylic acids is 2. The second-order valence-electron chi connectivity index (χ2n) is 6.09.